The summed E-state index contributed by atoms with van der Waals surface area (Å²) in [6.45, 7) is 3.91. The van der Waals surface area contributed by atoms with Gasteiger partial charge in [0.25, 0.3) is 0 Å². The van der Waals surface area contributed by atoms with Gasteiger partial charge in [0.15, 0.2) is 6.10 Å². The molecule has 0 amide bonds. The number of Topliss-reactive ketones (excluding diaryl/α,β-unsaturated/α-hetero) is 1. The van der Waals surface area contributed by atoms with Gasteiger partial charge in [0.05, 0.1) is 5.56 Å². The lowest BCUT2D eigenvalue weighted by Gasteiger charge is -2.06. The van der Waals surface area contributed by atoms with Gasteiger partial charge in [0, 0.05) is 4.47 Å². The SMILES string of the molecule is CCC1Oc2c(C)ccc(Br)c2C1=O. The molecule has 0 bridgehead atoms. The summed E-state index contributed by atoms with van der Waals surface area (Å²) in [6.07, 6.45) is 0.432. The molecule has 1 aliphatic heterocycles. The first-order chi connectivity index (χ1) is 6.65. The van der Waals surface area contributed by atoms with Crippen molar-refractivity contribution in [3.63, 3.8) is 0 Å². The molecule has 0 aromatic heterocycles. The zero-order valence-electron chi connectivity index (χ0n) is 8.13. The Kier molecular flexibility index (Phi) is 2.35. The third kappa shape index (κ3) is 1.27. The molecule has 0 fully saturated rings. The molecule has 1 heterocycles. The van der Waals surface area contributed by atoms with Crippen LogP contribution in [0.2, 0.25) is 0 Å². The molecule has 0 spiro atoms. The van der Waals surface area contributed by atoms with Crippen molar-refractivity contribution in [1.82, 2.24) is 0 Å². The number of benzene rings is 1. The number of fused-ring (bicyclic) bond motifs is 1. The predicted molar refractivity (Wildman–Crippen MR) is 57.9 cm³/mol. The van der Waals surface area contributed by atoms with E-state index >= 15 is 0 Å². The molecule has 1 atom stereocenters. The van der Waals surface area contributed by atoms with Crippen molar-refractivity contribution < 1.29 is 9.53 Å². The van der Waals surface area contributed by atoms with Gasteiger partial charge in [-0.25, -0.2) is 0 Å². The summed E-state index contributed by atoms with van der Waals surface area (Å²) in [5, 5.41) is 0. The fourth-order valence-electron chi connectivity index (χ4n) is 1.67. The highest BCUT2D eigenvalue weighted by molar-refractivity contribution is 9.10. The number of rotatable bonds is 1. The lowest BCUT2D eigenvalue weighted by Crippen LogP contribution is -2.18. The van der Waals surface area contributed by atoms with Crippen molar-refractivity contribution in [3.05, 3.63) is 27.7 Å². The molecule has 74 valence electrons. The van der Waals surface area contributed by atoms with E-state index < -0.39 is 0 Å². The Hall–Kier alpha value is -0.830. The molecule has 0 radical (unpaired) electrons. The van der Waals surface area contributed by atoms with E-state index in [1.54, 1.807) is 0 Å². The summed E-state index contributed by atoms with van der Waals surface area (Å²) >= 11 is 3.38. The van der Waals surface area contributed by atoms with Crippen LogP contribution in [0.4, 0.5) is 0 Å². The maximum absolute atomic E-state index is 11.8. The quantitative estimate of drug-likeness (QED) is 0.770. The van der Waals surface area contributed by atoms with Crippen molar-refractivity contribution in [2.24, 2.45) is 0 Å². The number of ketones is 1. The van der Waals surface area contributed by atoms with Crippen LogP contribution in [-0.4, -0.2) is 11.9 Å². The third-order valence-electron chi connectivity index (χ3n) is 2.47. The number of carbonyl (C=O) groups is 1. The molecule has 0 aliphatic carbocycles. The van der Waals surface area contributed by atoms with Crippen LogP contribution in [0, 0.1) is 6.92 Å². The Morgan fingerprint density at radius 3 is 2.79 bits per heavy atom. The maximum atomic E-state index is 11.8. The molecule has 2 nitrogen and oxygen atoms in total. The van der Waals surface area contributed by atoms with Crippen LogP contribution in [0.25, 0.3) is 0 Å². The molecule has 0 saturated carbocycles. The molecule has 0 N–H and O–H groups in total. The number of halogens is 1. The second-order valence-corrected chi connectivity index (χ2v) is 4.30. The Bertz CT molecular complexity index is 399. The van der Waals surface area contributed by atoms with Gasteiger partial charge in [-0.15, -0.1) is 0 Å². The minimum absolute atomic E-state index is 0.0954. The normalized spacial score (nSPS) is 19.4. The molecule has 0 saturated heterocycles. The first-order valence-electron chi connectivity index (χ1n) is 4.65. The molecule has 1 unspecified atom stereocenters. The summed E-state index contributed by atoms with van der Waals surface area (Å²) < 4.78 is 6.43. The molecule has 1 aromatic rings. The van der Waals surface area contributed by atoms with Gasteiger partial charge in [-0.3, -0.25) is 4.79 Å². The molecule has 2 rings (SSSR count). The Morgan fingerprint density at radius 1 is 1.50 bits per heavy atom. The van der Waals surface area contributed by atoms with Crippen LogP contribution in [0.1, 0.15) is 29.3 Å². The van der Waals surface area contributed by atoms with E-state index in [0.717, 1.165) is 22.2 Å². The summed E-state index contributed by atoms with van der Waals surface area (Å²) in [4.78, 5) is 11.8. The van der Waals surface area contributed by atoms with Gasteiger partial charge < -0.3 is 4.74 Å². The number of hydrogen-bond acceptors (Lipinski definition) is 2. The molecule has 14 heavy (non-hydrogen) atoms. The third-order valence-corrected chi connectivity index (χ3v) is 3.13. The fourth-order valence-corrected chi connectivity index (χ4v) is 2.18. The average Bonchev–Trinajstić information content (AvgIpc) is 2.51. The van der Waals surface area contributed by atoms with E-state index in [0.29, 0.717) is 5.56 Å². The summed E-state index contributed by atoms with van der Waals surface area (Å²) in [7, 11) is 0. The van der Waals surface area contributed by atoms with Crippen molar-refractivity contribution in [1.29, 1.82) is 0 Å². The van der Waals surface area contributed by atoms with E-state index in [-0.39, 0.29) is 11.9 Å². The number of hydrogen-bond donors (Lipinski definition) is 0. The minimum atomic E-state index is -0.289. The first-order valence-corrected chi connectivity index (χ1v) is 5.44. The highest BCUT2D eigenvalue weighted by Crippen LogP contribution is 2.37. The maximum Gasteiger partial charge on any atom is 0.208 e. The summed E-state index contributed by atoms with van der Waals surface area (Å²) in [5.74, 6) is 0.842. The number of aryl methyl sites for hydroxylation is 1. The molecule has 1 aromatic carbocycles. The molecular weight excluding hydrogens is 244 g/mol. The second kappa shape index (κ2) is 3.39. The second-order valence-electron chi connectivity index (χ2n) is 3.45. The average molecular weight is 255 g/mol. The molecular formula is C11H11BrO2. The van der Waals surface area contributed by atoms with Crippen molar-refractivity contribution in [3.8, 4) is 5.75 Å². The van der Waals surface area contributed by atoms with E-state index in [2.05, 4.69) is 15.9 Å². The molecule has 1 aliphatic rings. The monoisotopic (exact) mass is 254 g/mol. The van der Waals surface area contributed by atoms with E-state index in [4.69, 9.17) is 4.74 Å². The zero-order chi connectivity index (χ0) is 10.3. The van der Waals surface area contributed by atoms with Crippen LogP contribution in [0.3, 0.4) is 0 Å². The van der Waals surface area contributed by atoms with Gasteiger partial charge in [0.2, 0.25) is 5.78 Å². The van der Waals surface area contributed by atoms with Crippen LogP contribution in [0.5, 0.6) is 5.75 Å². The molecule has 3 heteroatoms. The van der Waals surface area contributed by atoms with Crippen molar-refractivity contribution >= 4 is 21.7 Å². The van der Waals surface area contributed by atoms with Crippen LogP contribution >= 0.6 is 15.9 Å². The van der Waals surface area contributed by atoms with Gasteiger partial charge in [-0.05, 0) is 40.9 Å². The van der Waals surface area contributed by atoms with Crippen LogP contribution < -0.4 is 4.74 Å². The highest BCUT2D eigenvalue weighted by atomic mass is 79.9. The summed E-state index contributed by atoms with van der Waals surface area (Å²) in [6, 6.07) is 3.85. The number of carbonyl (C=O) groups excluding carboxylic acids is 1. The standard InChI is InChI=1S/C11H11BrO2/c1-3-8-10(13)9-7(12)5-4-6(2)11(9)14-8/h4-5,8H,3H2,1-2H3. The van der Waals surface area contributed by atoms with E-state index in [1.165, 1.54) is 0 Å². The highest BCUT2D eigenvalue weighted by Gasteiger charge is 2.33. The Labute approximate surface area is 91.4 Å². The summed E-state index contributed by atoms with van der Waals surface area (Å²) in [5.41, 5.74) is 1.73. The smallest absolute Gasteiger partial charge is 0.208 e. The van der Waals surface area contributed by atoms with E-state index in [1.807, 2.05) is 26.0 Å². The van der Waals surface area contributed by atoms with Gasteiger partial charge in [-0.1, -0.05) is 13.0 Å². The topological polar surface area (TPSA) is 26.3 Å². The first kappa shape index (κ1) is 9.71. The number of ether oxygens (including phenoxy) is 1. The lowest BCUT2D eigenvalue weighted by atomic mass is 10.1. The van der Waals surface area contributed by atoms with Crippen LogP contribution in [0.15, 0.2) is 16.6 Å². The fraction of sp³-hybridized carbons (Fsp3) is 0.364. The Morgan fingerprint density at radius 2 is 2.21 bits per heavy atom. The van der Waals surface area contributed by atoms with E-state index in [9.17, 15) is 4.79 Å². The van der Waals surface area contributed by atoms with Crippen molar-refractivity contribution in [2.45, 2.75) is 26.4 Å². The van der Waals surface area contributed by atoms with Gasteiger partial charge in [-0.2, -0.15) is 0 Å². The van der Waals surface area contributed by atoms with Gasteiger partial charge in [0.1, 0.15) is 5.75 Å². The van der Waals surface area contributed by atoms with Crippen molar-refractivity contribution in [2.75, 3.05) is 0 Å². The minimum Gasteiger partial charge on any atom is -0.481 e. The largest absolute Gasteiger partial charge is 0.481 e. The predicted octanol–water partition coefficient (Wildman–Crippen LogP) is 3.11. The lowest BCUT2D eigenvalue weighted by molar-refractivity contribution is 0.0852. The van der Waals surface area contributed by atoms with Gasteiger partial charge >= 0.3 is 0 Å². The Balaban J connectivity index is 2.58. The van der Waals surface area contributed by atoms with Crippen LogP contribution in [-0.2, 0) is 0 Å². The zero-order valence-corrected chi connectivity index (χ0v) is 9.72.